The number of hydrogen-bond acceptors (Lipinski definition) is 6. The molecule has 2 rings (SSSR count). The van der Waals surface area contributed by atoms with Gasteiger partial charge >= 0.3 is 6.18 Å². The monoisotopic (exact) mass is 427 g/mol. The van der Waals surface area contributed by atoms with E-state index >= 15 is 0 Å². The molecule has 0 aliphatic heterocycles. The van der Waals surface area contributed by atoms with Crippen LogP contribution in [0.3, 0.4) is 0 Å². The predicted octanol–water partition coefficient (Wildman–Crippen LogP) is 2.65. The maximum atomic E-state index is 12.1. The van der Waals surface area contributed by atoms with Crippen molar-refractivity contribution in [3.05, 3.63) is 48.2 Å². The fourth-order valence-corrected chi connectivity index (χ4v) is 2.09. The lowest BCUT2D eigenvalue weighted by molar-refractivity contribution is -0.154. The summed E-state index contributed by atoms with van der Waals surface area (Å²) in [5.74, 6) is -0.518. The molecule has 2 amide bonds. The Bertz CT molecular complexity index is 842. The van der Waals surface area contributed by atoms with Gasteiger partial charge in [-0.05, 0) is 44.2 Å². The van der Waals surface area contributed by atoms with Gasteiger partial charge < -0.3 is 14.2 Å². The molecule has 1 aromatic carbocycles. The molecule has 0 spiro atoms. The van der Waals surface area contributed by atoms with Crippen LogP contribution in [0.25, 0.3) is 0 Å². The zero-order valence-electron chi connectivity index (χ0n) is 16.2. The van der Waals surface area contributed by atoms with Gasteiger partial charge in [0.05, 0.1) is 12.2 Å². The van der Waals surface area contributed by atoms with Crippen LogP contribution in [0.4, 0.5) is 13.2 Å². The molecule has 11 heteroatoms. The average Bonchev–Trinajstić information content (AvgIpc) is 2.71. The number of aromatic nitrogens is 1. The molecule has 8 nitrogen and oxygen atoms in total. The minimum atomic E-state index is -4.49. The molecule has 0 unspecified atom stereocenters. The fraction of sp³-hybridized carbons (Fsp3) is 0.316. The minimum absolute atomic E-state index is 0.00902. The van der Waals surface area contributed by atoms with E-state index in [-0.39, 0.29) is 11.4 Å². The third-order valence-electron chi connectivity index (χ3n) is 3.50. The molecule has 0 aliphatic rings. The Morgan fingerprint density at radius 1 is 1.03 bits per heavy atom. The summed E-state index contributed by atoms with van der Waals surface area (Å²) in [5, 5.41) is 0. The molecule has 0 saturated heterocycles. The lowest BCUT2D eigenvalue weighted by Gasteiger charge is -2.15. The molecule has 0 aliphatic carbocycles. The number of hydrazine groups is 1. The minimum Gasteiger partial charge on any atom is -0.494 e. The summed E-state index contributed by atoms with van der Waals surface area (Å²) in [4.78, 5) is 27.7. The highest BCUT2D eigenvalue weighted by molar-refractivity contribution is 5.95. The van der Waals surface area contributed by atoms with E-state index in [0.717, 1.165) is 12.3 Å². The molecular weight excluding hydrogens is 407 g/mol. The molecule has 1 aromatic heterocycles. The van der Waals surface area contributed by atoms with Crippen LogP contribution in [-0.4, -0.2) is 42.3 Å². The number of ether oxygens (including phenoxy) is 3. The molecule has 1 heterocycles. The smallest absolute Gasteiger partial charge is 0.422 e. The van der Waals surface area contributed by atoms with E-state index in [9.17, 15) is 22.8 Å². The molecule has 1 atom stereocenters. The van der Waals surface area contributed by atoms with Crippen molar-refractivity contribution in [1.29, 1.82) is 0 Å². The van der Waals surface area contributed by atoms with Gasteiger partial charge in [-0.25, -0.2) is 4.98 Å². The zero-order valence-corrected chi connectivity index (χ0v) is 16.2. The van der Waals surface area contributed by atoms with E-state index in [0.29, 0.717) is 18.1 Å². The van der Waals surface area contributed by atoms with Crippen molar-refractivity contribution in [2.45, 2.75) is 26.1 Å². The van der Waals surface area contributed by atoms with Crippen molar-refractivity contribution >= 4 is 11.8 Å². The van der Waals surface area contributed by atoms with Crippen molar-refractivity contribution in [3.8, 4) is 17.4 Å². The molecular formula is C19H20F3N3O5. The summed E-state index contributed by atoms with van der Waals surface area (Å²) >= 11 is 0. The fourth-order valence-electron chi connectivity index (χ4n) is 2.09. The first-order valence-corrected chi connectivity index (χ1v) is 8.83. The maximum Gasteiger partial charge on any atom is 0.422 e. The van der Waals surface area contributed by atoms with Gasteiger partial charge in [0.1, 0.15) is 11.5 Å². The molecule has 0 saturated carbocycles. The van der Waals surface area contributed by atoms with Gasteiger partial charge in [-0.2, -0.15) is 13.2 Å². The Labute approximate surface area is 170 Å². The average molecular weight is 427 g/mol. The predicted molar refractivity (Wildman–Crippen MR) is 99.1 cm³/mol. The van der Waals surface area contributed by atoms with Crippen LogP contribution in [0.5, 0.6) is 17.4 Å². The lowest BCUT2D eigenvalue weighted by atomic mass is 10.3. The first-order chi connectivity index (χ1) is 14.2. The first-order valence-electron chi connectivity index (χ1n) is 8.83. The first kappa shape index (κ1) is 22.8. The highest BCUT2D eigenvalue weighted by atomic mass is 19.4. The van der Waals surface area contributed by atoms with Gasteiger partial charge in [-0.3, -0.25) is 20.4 Å². The Morgan fingerprint density at radius 3 is 2.27 bits per heavy atom. The van der Waals surface area contributed by atoms with Crippen LogP contribution in [0.15, 0.2) is 42.6 Å². The molecule has 2 aromatic rings. The zero-order chi connectivity index (χ0) is 22.1. The second-order valence-electron chi connectivity index (χ2n) is 5.90. The molecule has 162 valence electrons. The van der Waals surface area contributed by atoms with Crippen molar-refractivity contribution in [3.63, 3.8) is 0 Å². The number of rotatable bonds is 8. The molecule has 0 radical (unpaired) electrons. The highest BCUT2D eigenvalue weighted by Gasteiger charge is 2.28. The number of nitrogens with one attached hydrogen (secondary N) is 2. The van der Waals surface area contributed by atoms with Crippen molar-refractivity contribution < 1.29 is 37.0 Å². The quantitative estimate of drug-likeness (QED) is 0.629. The number of carbonyl (C=O) groups is 2. The van der Waals surface area contributed by atoms with E-state index in [2.05, 4.69) is 20.6 Å². The third kappa shape index (κ3) is 7.49. The lowest BCUT2D eigenvalue weighted by Crippen LogP contribution is -2.47. The van der Waals surface area contributed by atoms with E-state index in [4.69, 9.17) is 9.47 Å². The maximum absolute atomic E-state index is 12.1. The number of benzene rings is 1. The topological polar surface area (TPSA) is 98.8 Å². The van der Waals surface area contributed by atoms with E-state index in [1.54, 1.807) is 24.3 Å². The van der Waals surface area contributed by atoms with Crippen molar-refractivity contribution in [1.82, 2.24) is 15.8 Å². The largest absolute Gasteiger partial charge is 0.494 e. The van der Waals surface area contributed by atoms with Gasteiger partial charge in [-0.15, -0.1) is 0 Å². The Hall–Kier alpha value is -3.50. The second-order valence-corrected chi connectivity index (χ2v) is 5.90. The Kier molecular flexibility index (Phi) is 7.84. The van der Waals surface area contributed by atoms with Crippen LogP contribution < -0.4 is 25.1 Å². The van der Waals surface area contributed by atoms with Gasteiger partial charge in [0.25, 0.3) is 11.8 Å². The summed E-state index contributed by atoms with van der Waals surface area (Å²) < 4.78 is 51.5. The number of nitrogens with zero attached hydrogens (tertiary/aromatic N) is 1. The molecule has 30 heavy (non-hydrogen) atoms. The van der Waals surface area contributed by atoms with E-state index in [1.807, 2.05) is 6.92 Å². The summed E-state index contributed by atoms with van der Waals surface area (Å²) in [6, 6.07) is 8.99. The standard InChI is InChI=1S/C19H20F3N3O5/c1-3-28-14-5-7-15(8-6-14)30-12(2)17(26)24-25-18(27)13-4-9-16(23-10-13)29-11-19(20,21)22/h4-10,12H,3,11H2,1-2H3,(H,24,26)(H,25,27)/t12-/m1/s1. The number of amides is 2. The van der Waals surface area contributed by atoms with Crippen LogP contribution in [0, 0.1) is 0 Å². The van der Waals surface area contributed by atoms with Gasteiger partial charge in [0, 0.05) is 12.3 Å². The van der Waals surface area contributed by atoms with Gasteiger partial charge in [-0.1, -0.05) is 0 Å². The van der Waals surface area contributed by atoms with Crippen LogP contribution in [-0.2, 0) is 4.79 Å². The summed E-state index contributed by atoms with van der Waals surface area (Å²) in [5.41, 5.74) is 4.37. The molecule has 0 fully saturated rings. The summed E-state index contributed by atoms with van der Waals surface area (Å²) in [7, 11) is 0. The molecule has 2 N–H and O–H groups in total. The number of carbonyl (C=O) groups excluding carboxylic acids is 2. The van der Waals surface area contributed by atoms with Gasteiger partial charge in [0.15, 0.2) is 12.7 Å². The third-order valence-corrected chi connectivity index (χ3v) is 3.50. The summed E-state index contributed by atoms with van der Waals surface area (Å²) in [6.45, 7) is 2.38. The number of hydrogen-bond donors (Lipinski definition) is 2. The molecule has 0 bridgehead atoms. The Balaban J connectivity index is 1.80. The van der Waals surface area contributed by atoms with E-state index < -0.39 is 30.7 Å². The van der Waals surface area contributed by atoms with Crippen molar-refractivity contribution in [2.75, 3.05) is 13.2 Å². The van der Waals surface area contributed by atoms with Crippen LogP contribution in [0.2, 0.25) is 0 Å². The number of alkyl halides is 3. The summed E-state index contributed by atoms with van der Waals surface area (Å²) in [6.07, 6.45) is -4.39. The van der Waals surface area contributed by atoms with Crippen LogP contribution >= 0.6 is 0 Å². The van der Waals surface area contributed by atoms with Gasteiger partial charge in [0.2, 0.25) is 5.88 Å². The van der Waals surface area contributed by atoms with Crippen molar-refractivity contribution in [2.24, 2.45) is 0 Å². The normalized spacial score (nSPS) is 11.9. The van der Waals surface area contributed by atoms with Crippen LogP contribution in [0.1, 0.15) is 24.2 Å². The Morgan fingerprint density at radius 2 is 1.70 bits per heavy atom. The number of pyridine rings is 1. The highest BCUT2D eigenvalue weighted by Crippen LogP contribution is 2.19. The SMILES string of the molecule is CCOc1ccc(O[C@H](C)C(=O)NNC(=O)c2ccc(OCC(F)(F)F)nc2)cc1. The number of halogens is 3. The second kappa shape index (κ2) is 10.3. The van der Waals surface area contributed by atoms with E-state index in [1.165, 1.54) is 13.0 Å².